The second kappa shape index (κ2) is 5.86. The van der Waals surface area contributed by atoms with Gasteiger partial charge in [-0.25, -0.2) is 0 Å². The van der Waals surface area contributed by atoms with E-state index in [1.54, 1.807) is 18.2 Å². The van der Waals surface area contributed by atoms with Gasteiger partial charge in [-0.2, -0.15) is 0 Å². The molecular formula is C14H14N2O3. The van der Waals surface area contributed by atoms with Crippen LogP contribution >= 0.6 is 0 Å². The van der Waals surface area contributed by atoms with E-state index in [9.17, 15) is 9.59 Å². The first-order chi connectivity index (χ1) is 9.20. The molecule has 0 unspecified atom stereocenters. The number of rotatable bonds is 3. The average molecular weight is 258 g/mol. The van der Waals surface area contributed by atoms with Gasteiger partial charge in [0.25, 0.3) is 5.91 Å². The van der Waals surface area contributed by atoms with Crippen LogP contribution in [0.15, 0.2) is 47.1 Å². The summed E-state index contributed by atoms with van der Waals surface area (Å²) in [7, 11) is 0. The van der Waals surface area contributed by atoms with Crippen LogP contribution in [-0.4, -0.2) is 11.8 Å². The first kappa shape index (κ1) is 12.9. The summed E-state index contributed by atoms with van der Waals surface area (Å²) in [5.41, 5.74) is 6.24. The lowest BCUT2D eigenvalue weighted by Crippen LogP contribution is -2.41. The van der Waals surface area contributed by atoms with E-state index in [0.717, 1.165) is 12.0 Å². The van der Waals surface area contributed by atoms with E-state index in [2.05, 4.69) is 10.9 Å². The van der Waals surface area contributed by atoms with E-state index >= 15 is 0 Å². The predicted octanol–water partition coefficient (Wildman–Crippen LogP) is 1.92. The Morgan fingerprint density at radius 1 is 1.05 bits per heavy atom. The number of aryl methyl sites for hydroxylation is 1. The van der Waals surface area contributed by atoms with Crippen molar-refractivity contribution in [3.05, 3.63) is 59.5 Å². The molecule has 19 heavy (non-hydrogen) atoms. The van der Waals surface area contributed by atoms with Crippen molar-refractivity contribution >= 4 is 11.8 Å². The van der Waals surface area contributed by atoms with Crippen LogP contribution in [0.1, 0.15) is 33.4 Å². The second-order valence-corrected chi connectivity index (χ2v) is 3.94. The van der Waals surface area contributed by atoms with Crippen LogP contribution in [0, 0.1) is 0 Å². The SMILES string of the molecule is CCc1ccc(C(=O)NNC(=O)c2ccco2)cc1. The van der Waals surface area contributed by atoms with E-state index in [1.165, 1.54) is 12.3 Å². The lowest BCUT2D eigenvalue weighted by Gasteiger charge is -2.06. The Morgan fingerprint density at radius 2 is 1.74 bits per heavy atom. The Balaban J connectivity index is 1.92. The molecule has 0 aliphatic carbocycles. The summed E-state index contributed by atoms with van der Waals surface area (Å²) in [6.07, 6.45) is 2.30. The van der Waals surface area contributed by atoms with Gasteiger partial charge in [0.15, 0.2) is 5.76 Å². The molecule has 98 valence electrons. The molecule has 1 aromatic heterocycles. The maximum atomic E-state index is 11.8. The van der Waals surface area contributed by atoms with Crippen molar-refractivity contribution in [2.75, 3.05) is 0 Å². The Morgan fingerprint density at radius 3 is 2.32 bits per heavy atom. The third-order valence-corrected chi connectivity index (χ3v) is 2.66. The quantitative estimate of drug-likeness (QED) is 0.826. The number of hydrogen-bond acceptors (Lipinski definition) is 3. The molecule has 0 bridgehead atoms. The molecule has 0 aliphatic rings. The van der Waals surface area contributed by atoms with Crippen LogP contribution in [0.2, 0.25) is 0 Å². The Kier molecular flexibility index (Phi) is 3.97. The van der Waals surface area contributed by atoms with Crippen LogP contribution in [0.5, 0.6) is 0 Å². The number of benzene rings is 1. The molecule has 0 spiro atoms. The minimum atomic E-state index is -0.497. The lowest BCUT2D eigenvalue weighted by molar-refractivity contribution is 0.0831. The van der Waals surface area contributed by atoms with Crippen molar-refractivity contribution in [2.24, 2.45) is 0 Å². The fourth-order valence-corrected chi connectivity index (χ4v) is 1.55. The number of amides is 2. The molecule has 5 heteroatoms. The van der Waals surface area contributed by atoms with Crippen molar-refractivity contribution in [2.45, 2.75) is 13.3 Å². The first-order valence-electron chi connectivity index (χ1n) is 5.94. The zero-order valence-corrected chi connectivity index (χ0v) is 10.5. The van der Waals surface area contributed by atoms with Gasteiger partial charge < -0.3 is 4.42 Å². The van der Waals surface area contributed by atoms with Crippen molar-refractivity contribution < 1.29 is 14.0 Å². The molecule has 0 saturated heterocycles. The van der Waals surface area contributed by atoms with Crippen LogP contribution in [0.3, 0.4) is 0 Å². The molecule has 0 fully saturated rings. The minimum Gasteiger partial charge on any atom is -0.459 e. The van der Waals surface area contributed by atoms with Crippen LogP contribution in [0.25, 0.3) is 0 Å². The number of hydrogen-bond donors (Lipinski definition) is 2. The van der Waals surface area contributed by atoms with Crippen LogP contribution < -0.4 is 10.9 Å². The molecule has 5 nitrogen and oxygen atoms in total. The van der Waals surface area contributed by atoms with Gasteiger partial charge in [-0.15, -0.1) is 0 Å². The summed E-state index contributed by atoms with van der Waals surface area (Å²) in [6, 6.07) is 10.3. The van der Waals surface area contributed by atoms with Gasteiger partial charge in [0, 0.05) is 5.56 Å². The second-order valence-electron chi connectivity index (χ2n) is 3.94. The normalized spacial score (nSPS) is 9.95. The largest absolute Gasteiger partial charge is 0.459 e. The van der Waals surface area contributed by atoms with Gasteiger partial charge in [0.05, 0.1) is 6.26 Å². The monoisotopic (exact) mass is 258 g/mol. The molecule has 1 heterocycles. The minimum absolute atomic E-state index is 0.140. The molecule has 0 atom stereocenters. The smallest absolute Gasteiger partial charge is 0.305 e. The molecule has 2 N–H and O–H groups in total. The Labute approximate surface area is 110 Å². The fraction of sp³-hybridized carbons (Fsp3) is 0.143. The van der Waals surface area contributed by atoms with Crippen molar-refractivity contribution in [3.63, 3.8) is 0 Å². The third kappa shape index (κ3) is 3.22. The number of carbonyl (C=O) groups excluding carboxylic acids is 2. The highest BCUT2D eigenvalue weighted by Gasteiger charge is 2.10. The zero-order chi connectivity index (χ0) is 13.7. The van der Waals surface area contributed by atoms with Crippen molar-refractivity contribution in [1.29, 1.82) is 0 Å². The summed E-state index contributed by atoms with van der Waals surface area (Å²) in [5, 5.41) is 0. The number of nitrogens with one attached hydrogen (secondary N) is 2. The highest BCUT2D eigenvalue weighted by Crippen LogP contribution is 2.04. The van der Waals surface area contributed by atoms with Crippen molar-refractivity contribution in [1.82, 2.24) is 10.9 Å². The van der Waals surface area contributed by atoms with Gasteiger partial charge >= 0.3 is 5.91 Å². The van der Waals surface area contributed by atoms with E-state index in [-0.39, 0.29) is 11.7 Å². The first-order valence-corrected chi connectivity index (χ1v) is 5.94. The summed E-state index contributed by atoms with van der Waals surface area (Å²) >= 11 is 0. The number of furan rings is 1. The van der Waals surface area contributed by atoms with Crippen molar-refractivity contribution in [3.8, 4) is 0 Å². The fourth-order valence-electron chi connectivity index (χ4n) is 1.55. The topological polar surface area (TPSA) is 71.3 Å². The van der Waals surface area contributed by atoms with Gasteiger partial charge in [-0.3, -0.25) is 20.4 Å². The summed E-state index contributed by atoms with van der Waals surface area (Å²) in [4.78, 5) is 23.3. The standard InChI is InChI=1S/C14H14N2O3/c1-2-10-5-7-11(8-6-10)13(17)15-16-14(18)12-4-3-9-19-12/h3-9H,2H2,1H3,(H,15,17)(H,16,18). The van der Waals surface area contributed by atoms with E-state index in [4.69, 9.17) is 4.42 Å². The molecule has 0 saturated carbocycles. The molecule has 2 rings (SSSR count). The average Bonchev–Trinajstić information content (AvgIpc) is 2.98. The molecule has 2 amide bonds. The van der Waals surface area contributed by atoms with E-state index in [1.807, 2.05) is 19.1 Å². The molecule has 1 aromatic carbocycles. The van der Waals surface area contributed by atoms with E-state index in [0.29, 0.717) is 5.56 Å². The molecule has 0 radical (unpaired) electrons. The lowest BCUT2D eigenvalue weighted by atomic mass is 10.1. The van der Waals surface area contributed by atoms with Gasteiger partial charge in [-0.1, -0.05) is 19.1 Å². The van der Waals surface area contributed by atoms with Gasteiger partial charge in [-0.05, 0) is 36.2 Å². The van der Waals surface area contributed by atoms with Crippen LogP contribution in [0.4, 0.5) is 0 Å². The highest BCUT2D eigenvalue weighted by atomic mass is 16.3. The highest BCUT2D eigenvalue weighted by molar-refractivity contribution is 5.97. The van der Waals surface area contributed by atoms with Gasteiger partial charge in [0.1, 0.15) is 0 Å². The Bertz CT molecular complexity index is 559. The molecule has 0 aliphatic heterocycles. The number of hydrazine groups is 1. The predicted molar refractivity (Wildman–Crippen MR) is 69.5 cm³/mol. The Hall–Kier alpha value is -2.56. The maximum absolute atomic E-state index is 11.8. The van der Waals surface area contributed by atoms with Crippen LogP contribution in [-0.2, 0) is 6.42 Å². The summed E-state index contributed by atoms with van der Waals surface area (Å²) < 4.78 is 4.90. The summed E-state index contributed by atoms with van der Waals surface area (Å²) in [5.74, 6) is -0.729. The molecule has 2 aromatic rings. The maximum Gasteiger partial charge on any atom is 0.305 e. The van der Waals surface area contributed by atoms with Gasteiger partial charge in [0.2, 0.25) is 0 Å². The summed E-state index contributed by atoms with van der Waals surface area (Å²) in [6.45, 7) is 2.04. The molecular weight excluding hydrogens is 244 g/mol. The zero-order valence-electron chi connectivity index (χ0n) is 10.5. The third-order valence-electron chi connectivity index (χ3n) is 2.66. The number of carbonyl (C=O) groups is 2. The van der Waals surface area contributed by atoms with E-state index < -0.39 is 5.91 Å².